The lowest BCUT2D eigenvalue weighted by Crippen LogP contribution is -2.35. The van der Waals surface area contributed by atoms with Crippen molar-refractivity contribution in [3.8, 4) is 0 Å². The number of anilines is 2. The van der Waals surface area contributed by atoms with Gasteiger partial charge in [-0.1, -0.05) is 72.8 Å². The van der Waals surface area contributed by atoms with E-state index in [-0.39, 0.29) is 5.91 Å². The summed E-state index contributed by atoms with van der Waals surface area (Å²) >= 11 is 0. The Bertz CT molecular complexity index is 1280. The van der Waals surface area contributed by atoms with Crippen LogP contribution in [0.1, 0.15) is 27.8 Å². The van der Waals surface area contributed by atoms with Crippen molar-refractivity contribution in [3.05, 3.63) is 125 Å². The number of amides is 1. The van der Waals surface area contributed by atoms with Crippen molar-refractivity contribution in [1.82, 2.24) is 4.98 Å². The average Bonchev–Trinajstić information content (AvgIpc) is 3.37. The molecular formula is C29H25N3O. The zero-order valence-corrected chi connectivity index (χ0v) is 18.4. The Morgan fingerprint density at radius 3 is 2.15 bits per heavy atom. The summed E-state index contributed by atoms with van der Waals surface area (Å²) in [6, 6.07) is 31.8. The standard InChI is InChI=1S/C29H25N3O/c33-28-29(26-12-7-15-30-27(26)31-28)17-23-13-14-25(16-24(23)18-29)32(19-21-8-3-1-4-9-21)20-22-10-5-2-6-11-22/h1-16H,17-20H2,(H,30,31,33). The van der Waals surface area contributed by atoms with Crippen LogP contribution in [0.5, 0.6) is 0 Å². The average molecular weight is 432 g/mol. The number of pyridine rings is 1. The number of hydrogen-bond acceptors (Lipinski definition) is 3. The quantitative estimate of drug-likeness (QED) is 0.468. The van der Waals surface area contributed by atoms with Crippen molar-refractivity contribution in [2.75, 3.05) is 10.2 Å². The third kappa shape index (κ3) is 3.48. The molecule has 0 saturated carbocycles. The molecule has 3 aromatic carbocycles. The molecule has 1 spiro atoms. The van der Waals surface area contributed by atoms with Gasteiger partial charge in [-0.25, -0.2) is 4.98 Å². The van der Waals surface area contributed by atoms with E-state index in [2.05, 4.69) is 94.1 Å². The number of nitrogens with zero attached hydrogens (tertiary/aromatic N) is 2. The van der Waals surface area contributed by atoms with Gasteiger partial charge in [0, 0.05) is 30.5 Å². The molecule has 6 rings (SSSR count). The number of aromatic nitrogens is 1. The number of benzene rings is 3. The van der Waals surface area contributed by atoms with Crippen LogP contribution in [0.3, 0.4) is 0 Å². The zero-order valence-electron chi connectivity index (χ0n) is 18.4. The second kappa shape index (κ2) is 7.89. The predicted molar refractivity (Wildman–Crippen MR) is 131 cm³/mol. The van der Waals surface area contributed by atoms with Gasteiger partial charge >= 0.3 is 0 Å². The molecule has 1 unspecified atom stereocenters. The van der Waals surface area contributed by atoms with Crippen LogP contribution in [0.15, 0.2) is 97.2 Å². The Hall–Kier alpha value is -3.92. The van der Waals surface area contributed by atoms with Crippen LogP contribution in [-0.2, 0) is 36.1 Å². The first kappa shape index (κ1) is 19.7. The molecule has 0 bridgehead atoms. The molecule has 33 heavy (non-hydrogen) atoms. The second-order valence-corrected chi connectivity index (χ2v) is 9.07. The summed E-state index contributed by atoms with van der Waals surface area (Å²) < 4.78 is 0. The lowest BCUT2D eigenvalue weighted by molar-refractivity contribution is -0.120. The van der Waals surface area contributed by atoms with Crippen LogP contribution in [0.25, 0.3) is 0 Å². The van der Waals surface area contributed by atoms with Gasteiger partial charge in [0.2, 0.25) is 5.91 Å². The van der Waals surface area contributed by atoms with Gasteiger partial charge in [-0.05, 0) is 53.3 Å². The first-order chi connectivity index (χ1) is 16.2. The number of nitrogens with one attached hydrogen (secondary N) is 1. The molecule has 0 radical (unpaired) electrons. The van der Waals surface area contributed by atoms with E-state index in [4.69, 9.17) is 0 Å². The molecule has 1 aliphatic heterocycles. The van der Waals surface area contributed by atoms with Crippen LogP contribution in [0.4, 0.5) is 11.5 Å². The number of fused-ring (bicyclic) bond motifs is 3. The van der Waals surface area contributed by atoms with Crippen LogP contribution >= 0.6 is 0 Å². The maximum atomic E-state index is 13.1. The highest BCUT2D eigenvalue weighted by atomic mass is 16.2. The summed E-state index contributed by atoms with van der Waals surface area (Å²) in [7, 11) is 0. The minimum atomic E-state index is -0.533. The maximum absolute atomic E-state index is 13.1. The van der Waals surface area contributed by atoms with Crippen molar-refractivity contribution < 1.29 is 4.79 Å². The van der Waals surface area contributed by atoms with Gasteiger partial charge in [-0.2, -0.15) is 0 Å². The highest BCUT2D eigenvalue weighted by Gasteiger charge is 2.51. The van der Waals surface area contributed by atoms with Gasteiger partial charge in [0.05, 0.1) is 5.41 Å². The van der Waals surface area contributed by atoms with Crippen LogP contribution < -0.4 is 10.2 Å². The van der Waals surface area contributed by atoms with Gasteiger partial charge in [-0.3, -0.25) is 4.79 Å². The fourth-order valence-corrected chi connectivity index (χ4v) is 5.30. The smallest absolute Gasteiger partial charge is 0.237 e. The normalized spacial score (nSPS) is 18.1. The molecule has 1 aromatic heterocycles. The lowest BCUT2D eigenvalue weighted by atomic mass is 9.79. The molecule has 4 heteroatoms. The van der Waals surface area contributed by atoms with Crippen molar-refractivity contribution in [2.24, 2.45) is 0 Å². The van der Waals surface area contributed by atoms with Crippen molar-refractivity contribution >= 4 is 17.4 Å². The van der Waals surface area contributed by atoms with Crippen molar-refractivity contribution in [2.45, 2.75) is 31.3 Å². The Morgan fingerprint density at radius 2 is 1.45 bits per heavy atom. The zero-order chi connectivity index (χ0) is 22.3. The molecular weight excluding hydrogens is 406 g/mol. The molecule has 1 amide bonds. The van der Waals surface area contributed by atoms with Gasteiger partial charge in [0.1, 0.15) is 5.82 Å². The largest absolute Gasteiger partial charge is 0.363 e. The SMILES string of the molecule is O=C1Nc2ncccc2C12Cc1ccc(N(Cc3ccccc3)Cc3ccccc3)cc1C2. The van der Waals surface area contributed by atoms with Crippen molar-refractivity contribution in [3.63, 3.8) is 0 Å². The summed E-state index contributed by atoms with van der Waals surface area (Å²) in [6.45, 7) is 1.65. The van der Waals surface area contributed by atoms with E-state index in [1.165, 1.54) is 27.9 Å². The Labute approximate surface area is 193 Å². The summed E-state index contributed by atoms with van der Waals surface area (Å²) in [5.41, 5.74) is 6.74. The first-order valence-electron chi connectivity index (χ1n) is 11.4. The number of rotatable bonds is 5. The Kier molecular flexibility index (Phi) is 4.72. The van der Waals surface area contributed by atoms with E-state index in [0.717, 1.165) is 25.1 Å². The van der Waals surface area contributed by atoms with Gasteiger partial charge < -0.3 is 10.2 Å². The highest BCUT2D eigenvalue weighted by Crippen LogP contribution is 2.47. The molecule has 162 valence electrons. The van der Waals surface area contributed by atoms with Crippen LogP contribution in [0.2, 0.25) is 0 Å². The lowest BCUT2D eigenvalue weighted by Gasteiger charge is -2.26. The Balaban J connectivity index is 1.34. The topological polar surface area (TPSA) is 45.2 Å². The summed E-state index contributed by atoms with van der Waals surface area (Å²) in [4.78, 5) is 19.9. The predicted octanol–water partition coefficient (Wildman–Crippen LogP) is 5.28. The second-order valence-electron chi connectivity index (χ2n) is 9.07. The molecule has 1 aliphatic carbocycles. The number of carbonyl (C=O) groups is 1. The van der Waals surface area contributed by atoms with E-state index < -0.39 is 5.41 Å². The summed E-state index contributed by atoms with van der Waals surface area (Å²) in [5, 5.41) is 3.01. The molecule has 1 atom stereocenters. The van der Waals surface area contributed by atoms with E-state index >= 15 is 0 Å². The molecule has 0 saturated heterocycles. The first-order valence-corrected chi connectivity index (χ1v) is 11.4. The van der Waals surface area contributed by atoms with Crippen LogP contribution in [0, 0.1) is 0 Å². The number of hydrogen-bond donors (Lipinski definition) is 1. The Morgan fingerprint density at radius 1 is 0.788 bits per heavy atom. The van der Waals surface area contributed by atoms with Gasteiger partial charge in [0.25, 0.3) is 0 Å². The summed E-state index contributed by atoms with van der Waals surface area (Å²) in [6.07, 6.45) is 3.18. The van der Waals surface area contributed by atoms with Gasteiger partial charge in [-0.15, -0.1) is 0 Å². The van der Waals surface area contributed by atoms with E-state index in [9.17, 15) is 4.79 Å². The van der Waals surface area contributed by atoms with Crippen molar-refractivity contribution in [1.29, 1.82) is 0 Å². The monoisotopic (exact) mass is 431 g/mol. The maximum Gasteiger partial charge on any atom is 0.237 e. The fraction of sp³-hybridized carbons (Fsp3) is 0.172. The minimum absolute atomic E-state index is 0.0689. The molecule has 2 heterocycles. The van der Waals surface area contributed by atoms with E-state index in [1.54, 1.807) is 6.20 Å². The fourth-order valence-electron chi connectivity index (χ4n) is 5.30. The highest BCUT2D eigenvalue weighted by molar-refractivity contribution is 6.06. The third-order valence-electron chi connectivity index (χ3n) is 6.96. The van der Waals surface area contributed by atoms with E-state index in [0.29, 0.717) is 12.2 Å². The molecule has 4 nitrogen and oxygen atoms in total. The number of carbonyl (C=O) groups excluding carboxylic acids is 1. The van der Waals surface area contributed by atoms with Gasteiger partial charge in [0.15, 0.2) is 0 Å². The van der Waals surface area contributed by atoms with Crippen LogP contribution in [-0.4, -0.2) is 10.9 Å². The third-order valence-corrected chi connectivity index (χ3v) is 6.96. The molecule has 4 aromatic rings. The summed E-state index contributed by atoms with van der Waals surface area (Å²) in [5.74, 6) is 0.782. The minimum Gasteiger partial charge on any atom is -0.363 e. The molecule has 1 N–H and O–H groups in total. The molecule has 2 aliphatic rings. The molecule has 0 fully saturated rings. The van der Waals surface area contributed by atoms with E-state index in [1.807, 2.05) is 12.1 Å².